The summed E-state index contributed by atoms with van der Waals surface area (Å²) < 4.78 is 40.3. The highest BCUT2D eigenvalue weighted by molar-refractivity contribution is 5.92. The molecule has 0 aliphatic carbocycles. The maximum Gasteiger partial charge on any atom is 0.391 e. The van der Waals surface area contributed by atoms with Crippen molar-refractivity contribution < 1.29 is 18.0 Å². The molecule has 1 amide bonds. The van der Waals surface area contributed by atoms with Crippen molar-refractivity contribution in [1.82, 2.24) is 9.38 Å². The van der Waals surface area contributed by atoms with Crippen LogP contribution in [-0.2, 0) is 0 Å². The number of carbonyl (C=O) groups is 1. The van der Waals surface area contributed by atoms with Crippen molar-refractivity contribution in [1.29, 1.82) is 0 Å². The molecule has 0 saturated carbocycles. The molecule has 2 aromatic heterocycles. The Morgan fingerprint density at radius 2 is 1.93 bits per heavy atom. The molecule has 0 atom stereocenters. The van der Waals surface area contributed by atoms with Crippen LogP contribution < -0.4 is 16.0 Å². The second-order valence-electron chi connectivity index (χ2n) is 7.58. The lowest BCUT2D eigenvalue weighted by molar-refractivity contribution is -0.179. The molecule has 6 nitrogen and oxygen atoms in total. The topological polar surface area (TPSA) is 75.7 Å². The predicted molar refractivity (Wildman–Crippen MR) is 109 cm³/mol. The minimum atomic E-state index is -4.11. The fraction of sp³-hybridized carbons (Fsp3) is 0.333. The number of nitrogens with one attached hydrogen (secondary N) is 1. The van der Waals surface area contributed by atoms with Crippen LogP contribution in [0.2, 0.25) is 0 Å². The number of aryl methyl sites for hydroxylation is 1. The molecule has 0 radical (unpaired) electrons. The number of pyridine rings is 1. The van der Waals surface area contributed by atoms with Crippen LogP contribution in [0, 0.1) is 12.8 Å². The van der Waals surface area contributed by atoms with Crippen LogP contribution in [0.4, 0.5) is 30.2 Å². The van der Waals surface area contributed by atoms with Gasteiger partial charge in [0.15, 0.2) is 0 Å². The number of imidazole rings is 1. The van der Waals surface area contributed by atoms with Gasteiger partial charge in [0.05, 0.1) is 17.8 Å². The zero-order valence-corrected chi connectivity index (χ0v) is 16.4. The van der Waals surface area contributed by atoms with Crippen molar-refractivity contribution in [2.45, 2.75) is 25.9 Å². The van der Waals surface area contributed by atoms with Gasteiger partial charge in [-0.2, -0.15) is 13.2 Å². The summed E-state index contributed by atoms with van der Waals surface area (Å²) in [6, 6.07) is 9.42. The third kappa shape index (κ3) is 3.92. The monoisotopic (exact) mass is 417 g/mol. The largest absolute Gasteiger partial charge is 0.391 e. The average molecular weight is 417 g/mol. The van der Waals surface area contributed by atoms with E-state index in [1.165, 1.54) is 6.20 Å². The highest BCUT2D eigenvalue weighted by Crippen LogP contribution is 2.36. The van der Waals surface area contributed by atoms with E-state index in [2.05, 4.69) is 10.3 Å². The molecule has 9 heteroatoms. The van der Waals surface area contributed by atoms with E-state index in [9.17, 15) is 18.0 Å². The molecule has 0 bridgehead atoms. The molecule has 4 rings (SSSR count). The fourth-order valence-corrected chi connectivity index (χ4v) is 3.84. The molecule has 30 heavy (non-hydrogen) atoms. The lowest BCUT2D eigenvalue weighted by Crippen LogP contribution is -2.39. The van der Waals surface area contributed by atoms with Gasteiger partial charge >= 0.3 is 6.18 Å². The molecule has 3 heterocycles. The third-order valence-electron chi connectivity index (χ3n) is 5.57. The molecular weight excluding hydrogens is 395 g/mol. The molecule has 1 aliphatic heterocycles. The number of piperidine rings is 1. The van der Waals surface area contributed by atoms with Crippen molar-refractivity contribution in [3.63, 3.8) is 0 Å². The van der Waals surface area contributed by atoms with Gasteiger partial charge in [0.25, 0.3) is 5.91 Å². The van der Waals surface area contributed by atoms with Crippen molar-refractivity contribution in [2.24, 2.45) is 11.7 Å². The zero-order chi connectivity index (χ0) is 21.5. The van der Waals surface area contributed by atoms with E-state index >= 15 is 0 Å². The number of anilines is 3. The number of nitrogens with zero attached hydrogens (tertiary/aromatic N) is 3. The van der Waals surface area contributed by atoms with Gasteiger partial charge in [-0.1, -0.05) is 0 Å². The Balaban J connectivity index is 1.50. The Hall–Kier alpha value is -3.23. The summed E-state index contributed by atoms with van der Waals surface area (Å²) in [5.41, 5.74) is 9.79. The summed E-state index contributed by atoms with van der Waals surface area (Å²) in [4.78, 5) is 17.7. The number of fused-ring (bicyclic) bond motifs is 1. The van der Waals surface area contributed by atoms with Gasteiger partial charge in [-0.15, -0.1) is 0 Å². The highest BCUT2D eigenvalue weighted by atomic mass is 19.4. The van der Waals surface area contributed by atoms with E-state index in [-0.39, 0.29) is 12.8 Å². The maximum absolute atomic E-state index is 12.9. The molecule has 3 N–H and O–H groups in total. The standard InChI is InChI=1S/C21H22F3N5O/c1-13-10-16(28-8-6-14(7-9-28)21(22,23)24)3-4-17(13)27-15-2-5-19-26-11-18(20(25)30)29(19)12-15/h2-5,10-12,14,27H,6-9H2,1H3,(H2,25,30). The van der Waals surface area contributed by atoms with Gasteiger partial charge in [0.2, 0.25) is 0 Å². The Morgan fingerprint density at radius 3 is 2.57 bits per heavy atom. The Kier molecular flexibility index (Phi) is 5.05. The SMILES string of the molecule is Cc1cc(N2CCC(C(F)(F)F)CC2)ccc1Nc1ccc2ncc(C(N)=O)n2c1. The zero-order valence-electron chi connectivity index (χ0n) is 16.4. The van der Waals surface area contributed by atoms with Crippen LogP contribution in [0.5, 0.6) is 0 Å². The van der Waals surface area contributed by atoms with Crippen LogP contribution in [0.1, 0.15) is 28.9 Å². The van der Waals surface area contributed by atoms with Crippen LogP contribution in [-0.4, -0.2) is 34.6 Å². The van der Waals surface area contributed by atoms with E-state index < -0.39 is 18.0 Å². The fourth-order valence-electron chi connectivity index (χ4n) is 3.84. The average Bonchev–Trinajstić information content (AvgIpc) is 3.12. The number of alkyl halides is 3. The van der Waals surface area contributed by atoms with E-state index in [0.29, 0.717) is 24.4 Å². The van der Waals surface area contributed by atoms with Crippen LogP contribution in [0.3, 0.4) is 0 Å². The van der Waals surface area contributed by atoms with Crippen molar-refractivity contribution in [3.05, 3.63) is 54.0 Å². The molecule has 0 spiro atoms. The molecule has 1 aliphatic rings. The summed E-state index contributed by atoms with van der Waals surface area (Å²) in [5, 5.41) is 3.31. The van der Waals surface area contributed by atoms with E-state index in [0.717, 1.165) is 22.6 Å². The minimum Gasteiger partial charge on any atom is -0.371 e. The van der Waals surface area contributed by atoms with Gasteiger partial charge in [-0.3, -0.25) is 9.20 Å². The first kappa shape index (κ1) is 20.1. The van der Waals surface area contributed by atoms with Crippen LogP contribution >= 0.6 is 0 Å². The molecule has 1 saturated heterocycles. The van der Waals surface area contributed by atoms with Crippen LogP contribution in [0.15, 0.2) is 42.7 Å². The van der Waals surface area contributed by atoms with Gasteiger partial charge < -0.3 is 16.0 Å². The summed E-state index contributed by atoms with van der Waals surface area (Å²) in [6.45, 7) is 2.73. The normalized spacial score (nSPS) is 15.5. The number of carbonyl (C=O) groups excluding carboxylic acids is 1. The van der Waals surface area contributed by atoms with Gasteiger partial charge in [-0.05, 0) is 55.7 Å². The maximum atomic E-state index is 12.9. The number of primary amides is 1. The Morgan fingerprint density at radius 1 is 1.20 bits per heavy atom. The number of halogens is 3. The van der Waals surface area contributed by atoms with Crippen molar-refractivity contribution >= 4 is 28.6 Å². The smallest absolute Gasteiger partial charge is 0.371 e. The van der Waals surface area contributed by atoms with Crippen LogP contribution in [0.25, 0.3) is 5.65 Å². The quantitative estimate of drug-likeness (QED) is 0.665. The molecule has 0 unspecified atom stereocenters. The summed E-state index contributed by atoms with van der Waals surface area (Å²) in [6.07, 6.45) is -0.688. The molecule has 1 aromatic carbocycles. The van der Waals surface area contributed by atoms with Crippen molar-refractivity contribution in [3.8, 4) is 0 Å². The lowest BCUT2D eigenvalue weighted by Gasteiger charge is -2.34. The number of benzene rings is 1. The number of nitrogens with two attached hydrogens (primary N) is 1. The molecule has 1 fully saturated rings. The first-order valence-corrected chi connectivity index (χ1v) is 9.68. The van der Waals surface area contributed by atoms with E-state index in [4.69, 9.17) is 5.73 Å². The predicted octanol–water partition coefficient (Wildman–Crippen LogP) is 4.26. The van der Waals surface area contributed by atoms with Gasteiger partial charge in [0.1, 0.15) is 11.3 Å². The second kappa shape index (κ2) is 7.55. The molecule has 3 aromatic rings. The number of hydrogen-bond acceptors (Lipinski definition) is 4. The molecule has 158 valence electrons. The minimum absolute atomic E-state index is 0.121. The number of aromatic nitrogens is 2. The third-order valence-corrected chi connectivity index (χ3v) is 5.57. The van der Waals surface area contributed by atoms with Gasteiger partial charge in [0, 0.05) is 30.7 Å². The second-order valence-corrected chi connectivity index (χ2v) is 7.58. The highest BCUT2D eigenvalue weighted by Gasteiger charge is 2.41. The summed E-state index contributed by atoms with van der Waals surface area (Å²) >= 11 is 0. The van der Waals surface area contributed by atoms with Crippen molar-refractivity contribution in [2.75, 3.05) is 23.3 Å². The van der Waals surface area contributed by atoms with E-state index in [1.807, 2.05) is 36.1 Å². The first-order chi connectivity index (χ1) is 14.2. The Bertz CT molecular complexity index is 1080. The summed E-state index contributed by atoms with van der Waals surface area (Å²) in [7, 11) is 0. The van der Waals surface area contributed by atoms with E-state index in [1.54, 1.807) is 16.7 Å². The number of rotatable bonds is 4. The molecular formula is C21H22F3N5O. The Labute approximate surface area is 171 Å². The van der Waals surface area contributed by atoms with Gasteiger partial charge in [-0.25, -0.2) is 4.98 Å². The first-order valence-electron chi connectivity index (χ1n) is 9.68. The lowest BCUT2D eigenvalue weighted by atomic mass is 9.96. The number of amides is 1. The number of hydrogen-bond donors (Lipinski definition) is 2. The summed E-state index contributed by atoms with van der Waals surface area (Å²) in [5.74, 6) is -1.77.